The number of ether oxygens (including phenoxy) is 1. The van der Waals surface area contributed by atoms with Crippen LogP contribution in [0.4, 0.5) is 0 Å². The van der Waals surface area contributed by atoms with Crippen LogP contribution in [0.1, 0.15) is 13.8 Å². The van der Waals surface area contributed by atoms with E-state index in [0.29, 0.717) is 11.5 Å². The first-order valence-electron chi connectivity index (χ1n) is 4.05. The summed E-state index contributed by atoms with van der Waals surface area (Å²) in [5.41, 5.74) is 0.552. The van der Waals surface area contributed by atoms with Gasteiger partial charge in [0.25, 0.3) is 0 Å². The molecule has 0 atom stereocenters. The van der Waals surface area contributed by atoms with Gasteiger partial charge in [0.2, 0.25) is 11.7 Å². The molecule has 0 saturated heterocycles. The van der Waals surface area contributed by atoms with E-state index in [2.05, 4.69) is 11.4 Å². The van der Waals surface area contributed by atoms with Gasteiger partial charge in [0, 0.05) is 19.9 Å². The number of carbonyl (C=O) groups is 2. The van der Waals surface area contributed by atoms with Gasteiger partial charge in [0.1, 0.15) is 18.2 Å². The molecule has 0 spiro atoms. The minimum atomic E-state index is -0.404. The maximum absolute atomic E-state index is 10.7. The third-order valence-electron chi connectivity index (χ3n) is 1.34. The molecule has 1 rings (SSSR count). The smallest absolute Gasteiger partial charge is 0.321 e. The van der Waals surface area contributed by atoms with Crippen LogP contribution in [0.2, 0.25) is 0 Å². The molecule has 0 heterocycles. The first-order chi connectivity index (χ1) is 6.58. The molecular weight excluding hydrogens is 182 g/mol. The fourth-order valence-corrected chi connectivity index (χ4v) is 0.950. The Morgan fingerprint density at radius 3 is 2.71 bits per heavy atom. The average molecular weight is 192 g/mol. The predicted octanol–water partition coefficient (Wildman–Crippen LogP) is 0.826. The molecule has 0 aromatic heterocycles. The number of carbonyl (C=O) groups excluding carboxylic acids is 2. The van der Waals surface area contributed by atoms with Gasteiger partial charge >= 0.3 is 5.97 Å². The van der Waals surface area contributed by atoms with Crippen molar-refractivity contribution in [3.05, 3.63) is 35.8 Å². The number of nitrogens with one attached hydrogen (secondary N) is 1. The van der Waals surface area contributed by atoms with Crippen molar-refractivity contribution in [3.63, 3.8) is 0 Å². The van der Waals surface area contributed by atoms with Gasteiger partial charge in [0.15, 0.2) is 5.70 Å². The van der Waals surface area contributed by atoms with Crippen molar-refractivity contribution in [2.24, 2.45) is 0 Å². The molecule has 0 radical (unpaired) electrons. The zero-order chi connectivity index (χ0) is 10.6. The molecule has 1 aliphatic rings. The molecule has 0 saturated carbocycles. The third kappa shape index (κ3) is 3.21. The molecule has 0 aromatic rings. The number of hydrogen-bond donors (Lipinski definition) is 1. The molecule has 4 heteroatoms. The van der Waals surface area contributed by atoms with Gasteiger partial charge in [-0.05, 0) is 0 Å². The maximum Gasteiger partial charge on any atom is 0.321 e. The Kier molecular flexibility index (Phi) is 3.15. The Balaban J connectivity index is 2.69. The van der Waals surface area contributed by atoms with Crippen LogP contribution in [0, 0.1) is 6.08 Å². The SMILES string of the molecule is CC(=O)NC1=CC(OC(C)=O)=C[C+]=C1. The van der Waals surface area contributed by atoms with Crippen LogP contribution in [0.25, 0.3) is 0 Å². The lowest BCUT2D eigenvalue weighted by Gasteiger charge is -1.99. The highest BCUT2D eigenvalue weighted by atomic mass is 16.5. The Morgan fingerprint density at radius 2 is 2.14 bits per heavy atom. The summed E-state index contributed by atoms with van der Waals surface area (Å²) in [6.07, 6.45) is 7.42. The van der Waals surface area contributed by atoms with Crippen LogP contribution < -0.4 is 5.32 Å². The Bertz CT molecular complexity index is 334. The molecule has 0 aromatic carbocycles. The first-order valence-corrected chi connectivity index (χ1v) is 4.05. The standard InChI is InChI=1S/C10H9NO3/c1-7(12)11-9-4-3-5-10(6-9)14-8(2)13/h4-6H,1-2H3/p+1. The zero-order valence-corrected chi connectivity index (χ0v) is 7.96. The van der Waals surface area contributed by atoms with Crippen molar-refractivity contribution >= 4 is 11.9 Å². The van der Waals surface area contributed by atoms with Gasteiger partial charge in [-0.3, -0.25) is 14.9 Å². The summed E-state index contributed by atoms with van der Waals surface area (Å²) in [5, 5.41) is 2.56. The molecule has 0 aliphatic heterocycles. The molecule has 0 unspecified atom stereocenters. The van der Waals surface area contributed by atoms with Crippen LogP contribution in [0.15, 0.2) is 29.7 Å². The van der Waals surface area contributed by atoms with Crippen LogP contribution in [-0.4, -0.2) is 11.9 Å². The fourth-order valence-electron chi connectivity index (χ4n) is 0.950. The second-order valence-corrected chi connectivity index (χ2v) is 2.73. The van der Waals surface area contributed by atoms with Crippen molar-refractivity contribution in [1.29, 1.82) is 0 Å². The average Bonchev–Trinajstić information content (AvgIpc) is 2.01. The summed E-state index contributed by atoms with van der Waals surface area (Å²) in [5.74, 6) is -0.222. The summed E-state index contributed by atoms with van der Waals surface area (Å²) in [6.45, 7) is 2.71. The molecular formula is C10H10NO3+. The summed E-state index contributed by atoms with van der Waals surface area (Å²) in [4.78, 5) is 21.3. The molecule has 1 N–H and O–H groups in total. The Hall–Kier alpha value is -1.93. The molecule has 0 fully saturated rings. The van der Waals surface area contributed by atoms with Gasteiger partial charge in [-0.1, -0.05) is 0 Å². The Morgan fingerprint density at radius 1 is 1.43 bits per heavy atom. The summed E-state index contributed by atoms with van der Waals surface area (Å²) >= 11 is 0. The number of amides is 1. The van der Waals surface area contributed by atoms with E-state index in [1.54, 1.807) is 12.2 Å². The first kappa shape index (κ1) is 10.2. The van der Waals surface area contributed by atoms with Gasteiger partial charge in [-0.25, -0.2) is 0 Å². The molecule has 4 nitrogen and oxygen atoms in total. The second-order valence-electron chi connectivity index (χ2n) is 2.73. The quantitative estimate of drug-likeness (QED) is 0.520. The van der Waals surface area contributed by atoms with E-state index in [0.717, 1.165) is 0 Å². The van der Waals surface area contributed by atoms with Gasteiger partial charge in [0.05, 0.1) is 0 Å². The van der Waals surface area contributed by atoms with E-state index in [1.807, 2.05) is 0 Å². The van der Waals surface area contributed by atoms with E-state index in [9.17, 15) is 9.59 Å². The lowest BCUT2D eigenvalue weighted by molar-refractivity contribution is -0.136. The van der Waals surface area contributed by atoms with E-state index in [1.165, 1.54) is 19.9 Å². The van der Waals surface area contributed by atoms with Crippen molar-refractivity contribution in [2.75, 3.05) is 0 Å². The number of allylic oxidation sites excluding steroid dienone is 4. The maximum atomic E-state index is 10.7. The lowest BCUT2D eigenvalue weighted by Crippen LogP contribution is -2.19. The van der Waals surface area contributed by atoms with Gasteiger partial charge in [-0.2, -0.15) is 0 Å². The highest BCUT2D eigenvalue weighted by Gasteiger charge is 2.14. The van der Waals surface area contributed by atoms with E-state index < -0.39 is 5.97 Å². The minimum Gasteiger partial charge on any atom is -0.361 e. The zero-order valence-electron chi connectivity index (χ0n) is 7.96. The third-order valence-corrected chi connectivity index (χ3v) is 1.34. The lowest BCUT2D eigenvalue weighted by atomic mass is 10.2. The van der Waals surface area contributed by atoms with E-state index in [4.69, 9.17) is 4.74 Å². The molecule has 1 aliphatic carbocycles. The number of rotatable bonds is 2. The topological polar surface area (TPSA) is 55.4 Å². The minimum absolute atomic E-state index is 0.182. The molecule has 72 valence electrons. The summed E-state index contributed by atoms with van der Waals surface area (Å²) < 4.78 is 4.81. The largest absolute Gasteiger partial charge is 0.361 e. The van der Waals surface area contributed by atoms with Crippen molar-refractivity contribution in [2.45, 2.75) is 13.8 Å². The van der Waals surface area contributed by atoms with Gasteiger partial charge in [-0.15, -0.1) is 0 Å². The second kappa shape index (κ2) is 4.35. The monoisotopic (exact) mass is 192 g/mol. The highest BCUT2D eigenvalue weighted by Crippen LogP contribution is 2.09. The highest BCUT2D eigenvalue weighted by molar-refractivity contribution is 5.76. The molecule has 1 amide bonds. The summed E-state index contributed by atoms with van der Waals surface area (Å²) in [6, 6.07) is 0. The number of esters is 1. The predicted molar refractivity (Wildman–Crippen MR) is 49.6 cm³/mol. The van der Waals surface area contributed by atoms with Crippen molar-refractivity contribution in [3.8, 4) is 0 Å². The fraction of sp³-hybridized carbons (Fsp3) is 0.200. The van der Waals surface area contributed by atoms with Crippen LogP contribution in [0.5, 0.6) is 0 Å². The summed E-state index contributed by atoms with van der Waals surface area (Å²) in [7, 11) is 0. The van der Waals surface area contributed by atoms with Crippen LogP contribution in [-0.2, 0) is 14.3 Å². The van der Waals surface area contributed by atoms with Crippen molar-refractivity contribution < 1.29 is 14.3 Å². The van der Waals surface area contributed by atoms with E-state index >= 15 is 0 Å². The molecule has 14 heavy (non-hydrogen) atoms. The normalized spacial score (nSPS) is 13.6. The van der Waals surface area contributed by atoms with Crippen LogP contribution in [0.3, 0.4) is 0 Å². The van der Waals surface area contributed by atoms with Crippen molar-refractivity contribution in [1.82, 2.24) is 5.32 Å². The Labute approximate surface area is 81.9 Å². The number of hydrogen-bond acceptors (Lipinski definition) is 3. The molecule has 0 bridgehead atoms. The van der Waals surface area contributed by atoms with E-state index in [-0.39, 0.29) is 5.91 Å². The van der Waals surface area contributed by atoms with Crippen LogP contribution >= 0.6 is 0 Å². The van der Waals surface area contributed by atoms with Gasteiger partial charge < -0.3 is 4.74 Å².